The van der Waals surface area contributed by atoms with E-state index in [9.17, 15) is 4.79 Å². The smallest absolute Gasteiger partial charge is 0.244 e. The number of aryl methyl sites for hydroxylation is 1. The van der Waals surface area contributed by atoms with Crippen molar-refractivity contribution in [3.05, 3.63) is 81.8 Å². The highest BCUT2D eigenvalue weighted by Crippen LogP contribution is 2.21. The average molecular weight is 408 g/mol. The van der Waals surface area contributed by atoms with Gasteiger partial charge in [0.25, 0.3) is 0 Å². The van der Waals surface area contributed by atoms with Gasteiger partial charge in [-0.2, -0.15) is 0 Å². The topological polar surface area (TPSA) is 54.5 Å². The third kappa shape index (κ3) is 6.19. The number of amides is 1. The molecular formula is C23H25N3O2S. The van der Waals surface area contributed by atoms with Crippen LogP contribution in [-0.4, -0.2) is 25.0 Å². The lowest BCUT2D eigenvalue weighted by Gasteiger charge is -2.13. The molecule has 0 aliphatic rings. The number of para-hydroxylation sites is 1. The lowest BCUT2D eigenvalue weighted by molar-refractivity contribution is -0.116. The Kier molecular flexibility index (Phi) is 7.03. The number of anilines is 1. The fraction of sp³-hybridized carbons (Fsp3) is 0.217. The van der Waals surface area contributed by atoms with Crippen LogP contribution in [0.15, 0.2) is 60.0 Å². The second kappa shape index (κ2) is 9.89. The normalized spacial score (nSPS) is 10.9. The second-order valence-electron chi connectivity index (χ2n) is 6.80. The van der Waals surface area contributed by atoms with Crippen molar-refractivity contribution in [2.24, 2.45) is 0 Å². The first kappa shape index (κ1) is 20.6. The highest BCUT2D eigenvalue weighted by atomic mass is 32.1. The SMILES string of the molecule is Cc1nc(COc2ccccc2/C=C/C(=O)NCc2cccc(N(C)C)c2)cs1. The number of carbonyl (C=O) groups excluding carboxylic acids is 1. The lowest BCUT2D eigenvalue weighted by atomic mass is 10.1. The molecule has 6 heteroatoms. The Morgan fingerprint density at radius 2 is 2.03 bits per heavy atom. The Hall–Kier alpha value is -3.12. The van der Waals surface area contributed by atoms with Crippen molar-refractivity contribution in [2.75, 3.05) is 19.0 Å². The zero-order chi connectivity index (χ0) is 20.6. The molecule has 1 N–H and O–H groups in total. The summed E-state index contributed by atoms with van der Waals surface area (Å²) in [5, 5.41) is 5.93. The van der Waals surface area contributed by atoms with Gasteiger partial charge in [0, 0.05) is 43.3 Å². The van der Waals surface area contributed by atoms with Crippen molar-refractivity contribution in [3.8, 4) is 5.75 Å². The van der Waals surface area contributed by atoms with Crippen LogP contribution in [0.2, 0.25) is 0 Å². The maximum atomic E-state index is 12.2. The molecule has 0 radical (unpaired) electrons. The minimum absolute atomic E-state index is 0.148. The van der Waals surface area contributed by atoms with Gasteiger partial charge < -0.3 is 15.0 Å². The van der Waals surface area contributed by atoms with Gasteiger partial charge in [0.05, 0.1) is 10.7 Å². The van der Waals surface area contributed by atoms with Crippen LogP contribution in [-0.2, 0) is 17.9 Å². The summed E-state index contributed by atoms with van der Waals surface area (Å²) in [6.45, 7) is 2.86. The Bertz CT molecular complexity index is 995. The van der Waals surface area contributed by atoms with Crippen LogP contribution in [0.5, 0.6) is 5.75 Å². The molecule has 150 valence electrons. The minimum Gasteiger partial charge on any atom is -0.487 e. The minimum atomic E-state index is -0.148. The van der Waals surface area contributed by atoms with E-state index in [1.54, 1.807) is 17.4 Å². The summed E-state index contributed by atoms with van der Waals surface area (Å²) in [4.78, 5) is 18.7. The third-order valence-electron chi connectivity index (χ3n) is 4.27. The van der Waals surface area contributed by atoms with Crippen molar-refractivity contribution in [1.29, 1.82) is 0 Å². The molecule has 0 aliphatic heterocycles. The Labute approximate surface area is 175 Å². The molecule has 0 unspecified atom stereocenters. The zero-order valence-electron chi connectivity index (χ0n) is 16.9. The summed E-state index contributed by atoms with van der Waals surface area (Å²) in [6, 6.07) is 15.7. The molecule has 5 nitrogen and oxygen atoms in total. The number of hydrogen-bond acceptors (Lipinski definition) is 5. The molecule has 29 heavy (non-hydrogen) atoms. The van der Waals surface area contributed by atoms with Crippen LogP contribution in [0.3, 0.4) is 0 Å². The van der Waals surface area contributed by atoms with Crippen LogP contribution in [0.25, 0.3) is 6.08 Å². The maximum Gasteiger partial charge on any atom is 0.244 e. The number of carbonyl (C=O) groups is 1. The summed E-state index contributed by atoms with van der Waals surface area (Å²) < 4.78 is 5.89. The molecule has 2 aromatic carbocycles. The first-order chi connectivity index (χ1) is 14.0. The average Bonchev–Trinajstić information content (AvgIpc) is 3.15. The van der Waals surface area contributed by atoms with E-state index in [4.69, 9.17) is 4.74 Å². The van der Waals surface area contributed by atoms with Crippen molar-refractivity contribution in [3.63, 3.8) is 0 Å². The Morgan fingerprint density at radius 3 is 2.79 bits per heavy atom. The van der Waals surface area contributed by atoms with Gasteiger partial charge in [-0.1, -0.05) is 30.3 Å². The molecule has 0 bridgehead atoms. The molecule has 0 saturated heterocycles. The Morgan fingerprint density at radius 1 is 1.21 bits per heavy atom. The van der Waals surface area contributed by atoms with Crippen LogP contribution in [0.1, 0.15) is 21.8 Å². The molecule has 1 amide bonds. The third-order valence-corrected chi connectivity index (χ3v) is 5.09. The lowest BCUT2D eigenvalue weighted by Crippen LogP contribution is -2.20. The molecule has 0 atom stereocenters. The van der Waals surface area contributed by atoms with Gasteiger partial charge >= 0.3 is 0 Å². The van der Waals surface area contributed by atoms with Crippen molar-refractivity contribution < 1.29 is 9.53 Å². The van der Waals surface area contributed by atoms with E-state index in [0.717, 1.165) is 33.3 Å². The van der Waals surface area contributed by atoms with Crippen molar-refractivity contribution in [1.82, 2.24) is 10.3 Å². The highest BCUT2D eigenvalue weighted by molar-refractivity contribution is 7.09. The van der Waals surface area contributed by atoms with Crippen molar-refractivity contribution in [2.45, 2.75) is 20.1 Å². The van der Waals surface area contributed by atoms with E-state index in [1.807, 2.05) is 73.8 Å². The number of nitrogens with zero attached hydrogens (tertiary/aromatic N) is 2. The molecule has 0 aliphatic carbocycles. The van der Waals surface area contributed by atoms with Crippen molar-refractivity contribution >= 4 is 29.0 Å². The quantitative estimate of drug-likeness (QED) is 0.562. The van der Waals surface area contributed by atoms with E-state index in [-0.39, 0.29) is 5.91 Å². The van der Waals surface area contributed by atoms with E-state index in [0.29, 0.717) is 13.2 Å². The molecular weight excluding hydrogens is 382 g/mol. The first-order valence-corrected chi connectivity index (χ1v) is 10.2. The summed E-state index contributed by atoms with van der Waals surface area (Å²) in [5.41, 5.74) is 3.92. The predicted octanol–water partition coefficient (Wildman–Crippen LogP) is 4.43. The van der Waals surface area contributed by atoms with E-state index >= 15 is 0 Å². The molecule has 3 aromatic rings. The van der Waals surface area contributed by atoms with E-state index < -0.39 is 0 Å². The van der Waals surface area contributed by atoms with Crippen LogP contribution in [0, 0.1) is 6.92 Å². The van der Waals surface area contributed by atoms with Gasteiger partial charge in [-0.3, -0.25) is 4.79 Å². The van der Waals surface area contributed by atoms with Gasteiger partial charge in [-0.05, 0) is 36.8 Å². The first-order valence-electron chi connectivity index (χ1n) is 9.36. The predicted molar refractivity (Wildman–Crippen MR) is 119 cm³/mol. The summed E-state index contributed by atoms with van der Waals surface area (Å²) >= 11 is 1.60. The van der Waals surface area contributed by atoms with Gasteiger partial charge in [-0.15, -0.1) is 11.3 Å². The van der Waals surface area contributed by atoms with Gasteiger partial charge in [0.2, 0.25) is 5.91 Å². The Balaban J connectivity index is 1.57. The van der Waals surface area contributed by atoms with Gasteiger partial charge in [-0.25, -0.2) is 4.98 Å². The molecule has 1 aromatic heterocycles. The van der Waals surface area contributed by atoms with Crippen LogP contribution in [0.4, 0.5) is 5.69 Å². The number of aromatic nitrogens is 1. The molecule has 0 fully saturated rings. The van der Waals surface area contributed by atoms with Gasteiger partial charge in [0.15, 0.2) is 0 Å². The number of ether oxygens (including phenoxy) is 1. The molecule has 0 saturated carbocycles. The number of hydrogen-bond donors (Lipinski definition) is 1. The van der Waals surface area contributed by atoms with E-state index in [1.165, 1.54) is 6.08 Å². The zero-order valence-corrected chi connectivity index (χ0v) is 17.7. The maximum absolute atomic E-state index is 12.2. The molecule has 3 rings (SSSR count). The van der Waals surface area contributed by atoms with Crippen LogP contribution >= 0.6 is 11.3 Å². The monoisotopic (exact) mass is 407 g/mol. The summed E-state index contributed by atoms with van der Waals surface area (Å²) in [5.74, 6) is 0.575. The standard InChI is InChI=1S/C23H25N3O2S/c1-17-25-20(16-29-17)15-28-22-10-5-4-8-19(22)11-12-23(27)24-14-18-7-6-9-21(13-18)26(2)3/h4-13,16H,14-15H2,1-3H3,(H,24,27)/b12-11+. The largest absolute Gasteiger partial charge is 0.487 e. The highest BCUT2D eigenvalue weighted by Gasteiger charge is 2.04. The summed E-state index contributed by atoms with van der Waals surface area (Å²) in [7, 11) is 3.99. The summed E-state index contributed by atoms with van der Waals surface area (Å²) in [6.07, 6.45) is 3.30. The molecule has 0 spiro atoms. The second-order valence-corrected chi connectivity index (χ2v) is 7.86. The number of benzene rings is 2. The fourth-order valence-corrected chi connectivity index (χ4v) is 3.33. The van der Waals surface area contributed by atoms with Crippen LogP contribution < -0.4 is 15.0 Å². The van der Waals surface area contributed by atoms with Gasteiger partial charge in [0.1, 0.15) is 12.4 Å². The number of nitrogens with one attached hydrogen (secondary N) is 1. The number of thiazole rings is 1. The van der Waals surface area contributed by atoms with E-state index in [2.05, 4.69) is 16.4 Å². The number of rotatable bonds is 8. The fourth-order valence-electron chi connectivity index (χ4n) is 2.73. The molecule has 1 heterocycles.